The maximum Gasteiger partial charge on any atom is 0.291 e. The molecule has 0 saturated carbocycles. The van der Waals surface area contributed by atoms with E-state index in [1.54, 1.807) is 48.8 Å². The zero-order valence-corrected chi connectivity index (χ0v) is 16.9. The van der Waals surface area contributed by atoms with Crippen LogP contribution in [0.4, 0.5) is 0 Å². The molecule has 6 nitrogen and oxygen atoms in total. The molecule has 5 rings (SSSR count). The van der Waals surface area contributed by atoms with Crippen molar-refractivity contribution in [2.75, 3.05) is 0 Å². The highest BCUT2D eigenvalue weighted by atomic mass is 35.5. The molecular weight excluding hydrogens is 431 g/mol. The van der Waals surface area contributed by atoms with Gasteiger partial charge in [-0.15, -0.1) is 5.10 Å². The van der Waals surface area contributed by atoms with E-state index < -0.39 is 0 Å². The molecule has 142 valence electrons. The lowest BCUT2D eigenvalue weighted by atomic mass is 10.2. The minimum absolute atomic E-state index is 0.245. The topological polar surface area (TPSA) is 73.3 Å². The number of benzene rings is 1. The molecule has 9 heteroatoms. The molecule has 0 spiro atoms. The molecule has 4 heterocycles. The van der Waals surface area contributed by atoms with Crippen molar-refractivity contribution in [3.8, 4) is 22.7 Å². The zero-order valence-electron chi connectivity index (χ0n) is 14.5. The van der Waals surface area contributed by atoms with E-state index in [1.807, 2.05) is 12.1 Å². The highest BCUT2D eigenvalue weighted by molar-refractivity contribution is 7.15. The average Bonchev–Trinajstić information content (AvgIpc) is 3.43. The summed E-state index contributed by atoms with van der Waals surface area (Å²) in [5, 5.41) is 5.24. The second-order valence-electron chi connectivity index (χ2n) is 6.11. The number of hydrogen-bond acceptors (Lipinski definition) is 6. The predicted molar refractivity (Wildman–Crippen MR) is 113 cm³/mol. The lowest BCUT2D eigenvalue weighted by molar-refractivity contribution is 0.571. The number of rotatable bonds is 3. The van der Waals surface area contributed by atoms with Gasteiger partial charge in [-0.3, -0.25) is 9.78 Å². The van der Waals surface area contributed by atoms with Crippen molar-refractivity contribution in [3.63, 3.8) is 0 Å². The number of halogens is 2. The van der Waals surface area contributed by atoms with Crippen LogP contribution in [0.3, 0.4) is 0 Å². The number of furan rings is 1. The van der Waals surface area contributed by atoms with Crippen molar-refractivity contribution in [2.45, 2.75) is 0 Å². The van der Waals surface area contributed by atoms with Crippen LogP contribution in [-0.2, 0) is 0 Å². The Morgan fingerprint density at radius 3 is 2.59 bits per heavy atom. The van der Waals surface area contributed by atoms with E-state index in [0.29, 0.717) is 36.9 Å². The number of pyridine rings is 1. The van der Waals surface area contributed by atoms with E-state index in [2.05, 4.69) is 15.1 Å². The molecule has 0 aliphatic carbocycles. The molecule has 0 amide bonds. The lowest BCUT2D eigenvalue weighted by Crippen LogP contribution is -2.23. The first-order valence-electron chi connectivity index (χ1n) is 8.45. The van der Waals surface area contributed by atoms with Gasteiger partial charge in [-0.05, 0) is 42.5 Å². The average molecular weight is 441 g/mol. The van der Waals surface area contributed by atoms with Crippen LogP contribution in [0.2, 0.25) is 10.0 Å². The van der Waals surface area contributed by atoms with Crippen molar-refractivity contribution in [1.82, 2.24) is 19.6 Å². The molecule has 1 aromatic carbocycles. The largest absolute Gasteiger partial charge is 0.457 e. The van der Waals surface area contributed by atoms with Crippen LogP contribution in [0.1, 0.15) is 5.76 Å². The monoisotopic (exact) mass is 440 g/mol. The molecule has 0 atom stereocenters. The van der Waals surface area contributed by atoms with E-state index in [0.717, 1.165) is 11.1 Å². The molecule has 0 unspecified atom stereocenters. The summed E-state index contributed by atoms with van der Waals surface area (Å²) >= 11 is 13.3. The van der Waals surface area contributed by atoms with E-state index in [1.165, 1.54) is 15.9 Å². The standard InChI is InChI=1S/C20H10Cl2N4O2S/c21-14-3-1-12(9-15(14)22)16-4-2-13(28-16)10-17-19(27)26-20(29-17)24-18(25-26)11-5-7-23-8-6-11/h1-10H. The summed E-state index contributed by atoms with van der Waals surface area (Å²) in [7, 11) is 0. The van der Waals surface area contributed by atoms with E-state index in [-0.39, 0.29) is 5.56 Å². The van der Waals surface area contributed by atoms with Gasteiger partial charge in [0.05, 0.1) is 10.0 Å². The van der Waals surface area contributed by atoms with Crippen LogP contribution >= 0.6 is 34.5 Å². The number of nitrogens with zero attached hydrogens (tertiary/aromatic N) is 4. The molecule has 0 fully saturated rings. The minimum atomic E-state index is -0.245. The minimum Gasteiger partial charge on any atom is -0.457 e. The van der Waals surface area contributed by atoms with Gasteiger partial charge in [-0.1, -0.05) is 34.5 Å². The SMILES string of the molecule is O=c1c(=Cc2ccc(-c3ccc(Cl)c(Cl)c3)o2)sc2nc(-c3ccncc3)nn12. The van der Waals surface area contributed by atoms with Crippen molar-refractivity contribution in [1.29, 1.82) is 0 Å². The Balaban J connectivity index is 1.52. The third-order valence-corrected chi connectivity index (χ3v) is 5.92. The van der Waals surface area contributed by atoms with Gasteiger partial charge >= 0.3 is 0 Å². The maximum atomic E-state index is 12.7. The van der Waals surface area contributed by atoms with E-state index in [4.69, 9.17) is 27.6 Å². The quantitative estimate of drug-likeness (QED) is 0.417. The number of hydrogen-bond donors (Lipinski definition) is 0. The summed E-state index contributed by atoms with van der Waals surface area (Å²) in [5.41, 5.74) is 1.36. The summed E-state index contributed by atoms with van der Waals surface area (Å²) in [6.45, 7) is 0. The molecule has 0 saturated heterocycles. The van der Waals surface area contributed by atoms with Crippen LogP contribution in [0.15, 0.2) is 64.1 Å². The van der Waals surface area contributed by atoms with Crippen molar-refractivity contribution < 1.29 is 4.42 Å². The van der Waals surface area contributed by atoms with Gasteiger partial charge in [0.25, 0.3) is 5.56 Å². The van der Waals surface area contributed by atoms with Crippen LogP contribution in [0.5, 0.6) is 0 Å². The molecule has 0 radical (unpaired) electrons. The molecule has 29 heavy (non-hydrogen) atoms. The molecular formula is C20H10Cl2N4O2S. The number of thiazole rings is 1. The Bertz CT molecular complexity index is 1460. The fraction of sp³-hybridized carbons (Fsp3) is 0. The normalized spacial score (nSPS) is 12.1. The Kier molecular flexibility index (Phi) is 4.43. The van der Waals surface area contributed by atoms with Crippen LogP contribution in [0.25, 0.3) is 33.7 Å². The molecule has 0 bridgehead atoms. The first-order chi connectivity index (χ1) is 14.1. The zero-order chi connectivity index (χ0) is 20.0. The third-order valence-electron chi connectivity index (χ3n) is 4.22. The highest BCUT2D eigenvalue weighted by Crippen LogP contribution is 2.29. The summed E-state index contributed by atoms with van der Waals surface area (Å²) in [6.07, 6.45) is 4.99. The number of aromatic nitrogens is 4. The fourth-order valence-electron chi connectivity index (χ4n) is 2.82. The van der Waals surface area contributed by atoms with Gasteiger partial charge in [0.1, 0.15) is 16.1 Å². The molecule has 0 aliphatic rings. The van der Waals surface area contributed by atoms with Crippen molar-refractivity contribution in [2.24, 2.45) is 0 Å². The lowest BCUT2D eigenvalue weighted by Gasteiger charge is -1.99. The van der Waals surface area contributed by atoms with Gasteiger partial charge in [0.15, 0.2) is 5.82 Å². The molecule has 0 aliphatic heterocycles. The van der Waals surface area contributed by atoms with E-state index >= 15 is 0 Å². The van der Waals surface area contributed by atoms with Gasteiger partial charge in [0, 0.05) is 29.6 Å². The Labute approximate surface area is 177 Å². The van der Waals surface area contributed by atoms with Crippen LogP contribution in [-0.4, -0.2) is 19.6 Å². The molecule has 4 aromatic heterocycles. The Hall–Kier alpha value is -3.00. The summed E-state index contributed by atoms with van der Waals surface area (Å²) in [4.78, 5) is 21.6. The highest BCUT2D eigenvalue weighted by Gasteiger charge is 2.12. The fourth-order valence-corrected chi connectivity index (χ4v) is 4.01. The van der Waals surface area contributed by atoms with E-state index in [9.17, 15) is 4.79 Å². The maximum absolute atomic E-state index is 12.7. The summed E-state index contributed by atoms with van der Waals surface area (Å²) < 4.78 is 7.63. The van der Waals surface area contributed by atoms with Crippen LogP contribution < -0.4 is 10.1 Å². The van der Waals surface area contributed by atoms with Gasteiger partial charge in [-0.2, -0.15) is 9.50 Å². The molecule has 5 aromatic rings. The smallest absolute Gasteiger partial charge is 0.291 e. The third kappa shape index (κ3) is 3.33. The second-order valence-corrected chi connectivity index (χ2v) is 7.94. The first-order valence-corrected chi connectivity index (χ1v) is 10.0. The summed E-state index contributed by atoms with van der Waals surface area (Å²) in [5.74, 6) is 1.66. The second kappa shape index (κ2) is 7.11. The first kappa shape index (κ1) is 18.1. The Morgan fingerprint density at radius 1 is 1.00 bits per heavy atom. The van der Waals surface area contributed by atoms with Gasteiger partial charge in [0.2, 0.25) is 4.96 Å². The summed E-state index contributed by atoms with van der Waals surface area (Å²) in [6, 6.07) is 12.5. The number of fused-ring (bicyclic) bond motifs is 1. The Morgan fingerprint density at radius 2 is 1.83 bits per heavy atom. The van der Waals surface area contributed by atoms with Gasteiger partial charge < -0.3 is 4.42 Å². The van der Waals surface area contributed by atoms with Crippen molar-refractivity contribution >= 4 is 45.6 Å². The molecule has 0 N–H and O–H groups in total. The van der Waals surface area contributed by atoms with Crippen LogP contribution in [0, 0.1) is 0 Å². The van der Waals surface area contributed by atoms with Gasteiger partial charge in [-0.25, -0.2) is 0 Å². The predicted octanol–water partition coefficient (Wildman–Crippen LogP) is 4.33. The van der Waals surface area contributed by atoms with Crippen molar-refractivity contribution in [3.05, 3.63) is 85.5 Å².